The SMILES string of the molecule is O=C(O)CCc1csc(Nc2ccc(Cl)cc2Cl)n1. The molecule has 0 unspecified atom stereocenters. The quantitative estimate of drug-likeness (QED) is 0.867. The molecule has 0 bridgehead atoms. The topological polar surface area (TPSA) is 62.2 Å². The monoisotopic (exact) mass is 316 g/mol. The highest BCUT2D eigenvalue weighted by atomic mass is 35.5. The number of thiazole rings is 1. The van der Waals surface area contributed by atoms with Crippen molar-refractivity contribution in [2.45, 2.75) is 12.8 Å². The first-order valence-corrected chi connectivity index (χ1v) is 7.06. The van der Waals surface area contributed by atoms with E-state index < -0.39 is 5.97 Å². The maximum atomic E-state index is 10.5. The zero-order valence-electron chi connectivity index (χ0n) is 9.69. The zero-order valence-corrected chi connectivity index (χ0v) is 12.0. The number of nitrogens with one attached hydrogen (secondary N) is 1. The Balaban J connectivity index is 2.05. The van der Waals surface area contributed by atoms with Crippen LogP contribution in [-0.4, -0.2) is 16.1 Å². The lowest BCUT2D eigenvalue weighted by molar-refractivity contribution is -0.136. The summed E-state index contributed by atoms with van der Waals surface area (Å²) in [5.41, 5.74) is 1.46. The molecule has 0 amide bonds. The maximum absolute atomic E-state index is 10.5. The number of rotatable bonds is 5. The van der Waals surface area contributed by atoms with Crippen molar-refractivity contribution in [3.8, 4) is 0 Å². The molecular weight excluding hydrogens is 307 g/mol. The predicted molar refractivity (Wildman–Crippen MR) is 77.8 cm³/mol. The Morgan fingerprint density at radius 1 is 1.42 bits per heavy atom. The molecule has 2 N–H and O–H groups in total. The van der Waals surface area contributed by atoms with E-state index in [-0.39, 0.29) is 6.42 Å². The van der Waals surface area contributed by atoms with Crippen molar-refractivity contribution >= 4 is 51.3 Å². The van der Waals surface area contributed by atoms with Gasteiger partial charge in [0.15, 0.2) is 5.13 Å². The highest BCUT2D eigenvalue weighted by molar-refractivity contribution is 7.13. The van der Waals surface area contributed by atoms with Crippen molar-refractivity contribution in [2.75, 3.05) is 5.32 Å². The van der Waals surface area contributed by atoms with Crippen molar-refractivity contribution in [1.82, 2.24) is 4.98 Å². The number of carboxylic acid groups (broad SMARTS) is 1. The summed E-state index contributed by atoms with van der Waals surface area (Å²) in [6.45, 7) is 0. The predicted octanol–water partition coefficient (Wildman–Crippen LogP) is 4.21. The number of nitrogens with zero attached hydrogens (tertiary/aromatic N) is 1. The molecule has 0 fully saturated rings. The minimum absolute atomic E-state index is 0.0743. The van der Waals surface area contributed by atoms with Gasteiger partial charge in [-0.15, -0.1) is 11.3 Å². The Hall–Kier alpha value is -1.30. The normalized spacial score (nSPS) is 10.4. The number of aryl methyl sites for hydroxylation is 1. The Bertz CT molecular complexity index is 601. The van der Waals surface area contributed by atoms with E-state index in [0.717, 1.165) is 5.69 Å². The Morgan fingerprint density at radius 3 is 2.89 bits per heavy atom. The van der Waals surface area contributed by atoms with Gasteiger partial charge in [0.1, 0.15) is 0 Å². The molecular formula is C12H10Cl2N2O2S. The summed E-state index contributed by atoms with van der Waals surface area (Å²) in [6, 6.07) is 5.14. The standard InChI is InChI=1S/C12H10Cl2N2O2S/c13-7-1-3-10(9(14)5-7)16-12-15-8(6-19-12)2-4-11(17)18/h1,3,5-6H,2,4H2,(H,15,16)(H,17,18). The van der Waals surface area contributed by atoms with E-state index in [1.165, 1.54) is 11.3 Å². The van der Waals surface area contributed by atoms with Crippen LogP contribution in [0.4, 0.5) is 10.8 Å². The number of halogens is 2. The fraction of sp³-hybridized carbons (Fsp3) is 0.167. The smallest absolute Gasteiger partial charge is 0.303 e. The molecule has 0 saturated heterocycles. The van der Waals surface area contributed by atoms with Crippen molar-refractivity contribution in [1.29, 1.82) is 0 Å². The van der Waals surface area contributed by atoms with Crippen LogP contribution in [0.5, 0.6) is 0 Å². The van der Waals surface area contributed by atoms with E-state index in [9.17, 15) is 4.79 Å². The highest BCUT2D eigenvalue weighted by Gasteiger charge is 2.07. The van der Waals surface area contributed by atoms with Crippen LogP contribution in [0, 0.1) is 0 Å². The summed E-state index contributed by atoms with van der Waals surface area (Å²) >= 11 is 13.3. The van der Waals surface area contributed by atoms with Crippen LogP contribution < -0.4 is 5.32 Å². The average molecular weight is 317 g/mol. The third-order valence-corrected chi connectivity index (χ3v) is 3.67. The van der Waals surface area contributed by atoms with Crippen molar-refractivity contribution in [2.24, 2.45) is 0 Å². The largest absolute Gasteiger partial charge is 0.481 e. The van der Waals surface area contributed by atoms with E-state index in [4.69, 9.17) is 28.3 Å². The first-order valence-electron chi connectivity index (χ1n) is 5.43. The molecule has 2 rings (SSSR count). The molecule has 0 aliphatic heterocycles. The van der Waals surface area contributed by atoms with Gasteiger partial charge in [0, 0.05) is 16.8 Å². The lowest BCUT2D eigenvalue weighted by Gasteiger charge is -2.05. The van der Waals surface area contributed by atoms with Gasteiger partial charge in [-0.3, -0.25) is 4.79 Å². The molecule has 0 spiro atoms. The van der Waals surface area contributed by atoms with Crippen LogP contribution in [0.25, 0.3) is 0 Å². The lowest BCUT2D eigenvalue weighted by atomic mass is 10.2. The van der Waals surface area contributed by atoms with Crippen LogP contribution in [0.15, 0.2) is 23.6 Å². The van der Waals surface area contributed by atoms with E-state index in [2.05, 4.69) is 10.3 Å². The molecule has 1 aromatic carbocycles. The average Bonchev–Trinajstić information content (AvgIpc) is 2.78. The molecule has 0 atom stereocenters. The first kappa shape index (κ1) is 14.1. The molecule has 19 heavy (non-hydrogen) atoms. The molecule has 4 nitrogen and oxygen atoms in total. The number of anilines is 2. The van der Waals surface area contributed by atoms with E-state index in [1.54, 1.807) is 18.2 Å². The molecule has 0 aliphatic carbocycles. The summed E-state index contributed by atoms with van der Waals surface area (Å²) in [4.78, 5) is 14.8. The minimum Gasteiger partial charge on any atom is -0.481 e. The molecule has 0 saturated carbocycles. The molecule has 1 heterocycles. The van der Waals surface area contributed by atoms with Gasteiger partial charge in [-0.25, -0.2) is 4.98 Å². The molecule has 7 heteroatoms. The minimum atomic E-state index is -0.830. The summed E-state index contributed by atoms with van der Waals surface area (Å²) in [6.07, 6.45) is 0.493. The van der Waals surface area contributed by atoms with Gasteiger partial charge < -0.3 is 10.4 Å². The molecule has 0 aliphatic rings. The zero-order chi connectivity index (χ0) is 13.8. The second-order valence-corrected chi connectivity index (χ2v) is 5.49. The Labute approximate surface area is 124 Å². The number of benzene rings is 1. The lowest BCUT2D eigenvalue weighted by Crippen LogP contribution is -1.98. The third-order valence-electron chi connectivity index (χ3n) is 2.32. The van der Waals surface area contributed by atoms with Gasteiger partial charge in [0.05, 0.1) is 22.8 Å². The van der Waals surface area contributed by atoms with Gasteiger partial charge in [-0.2, -0.15) is 0 Å². The number of aliphatic carboxylic acids is 1. The Morgan fingerprint density at radius 2 is 2.21 bits per heavy atom. The first-order chi connectivity index (χ1) is 9.04. The Kier molecular flexibility index (Phi) is 4.63. The number of carbonyl (C=O) groups is 1. The van der Waals surface area contributed by atoms with Gasteiger partial charge in [0.25, 0.3) is 0 Å². The summed E-state index contributed by atoms with van der Waals surface area (Å²) in [5.74, 6) is -0.830. The maximum Gasteiger partial charge on any atom is 0.303 e. The molecule has 0 radical (unpaired) electrons. The van der Waals surface area contributed by atoms with Crippen LogP contribution in [-0.2, 0) is 11.2 Å². The second-order valence-electron chi connectivity index (χ2n) is 3.79. The molecule has 2 aromatic rings. The van der Waals surface area contributed by atoms with Crippen LogP contribution in [0.2, 0.25) is 10.0 Å². The van der Waals surface area contributed by atoms with Crippen LogP contribution >= 0.6 is 34.5 Å². The highest BCUT2D eigenvalue weighted by Crippen LogP contribution is 2.29. The fourth-order valence-electron chi connectivity index (χ4n) is 1.42. The van der Waals surface area contributed by atoms with Crippen molar-refractivity contribution in [3.05, 3.63) is 39.3 Å². The summed E-state index contributed by atoms with van der Waals surface area (Å²) in [5, 5.41) is 15.3. The third kappa shape index (κ3) is 4.09. The number of aromatic nitrogens is 1. The number of hydrogen-bond donors (Lipinski definition) is 2. The van der Waals surface area contributed by atoms with E-state index >= 15 is 0 Å². The van der Waals surface area contributed by atoms with Gasteiger partial charge >= 0.3 is 5.97 Å². The van der Waals surface area contributed by atoms with Gasteiger partial charge in [0.2, 0.25) is 0 Å². The fourth-order valence-corrected chi connectivity index (χ4v) is 2.63. The van der Waals surface area contributed by atoms with Crippen LogP contribution in [0.3, 0.4) is 0 Å². The molecule has 1 aromatic heterocycles. The van der Waals surface area contributed by atoms with E-state index in [1.807, 2.05) is 5.38 Å². The van der Waals surface area contributed by atoms with E-state index in [0.29, 0.717) is 27.3 Å². The van der Waals surface area contributed by atoms with Crippen LogP contribution in [0.1, 0.15) is 12.1 Å². The van der Waals surface area contributed by atoms with Crippen molar-refractivity contribution in [3.63, 3.8) is 0 Å². The summed E-state index contributed by atoms with van der Waals surface area (Å²) in [7, 11) is 0. The molecule has 100 valence electrons. The summed E-state index contributed by atoms with van der Waals surface area (Å²) < 4.78 is 0. The number of hydrogen-bond acceptors (Lipinski definition) is 4. The second kappa shape index (κ2) is 6.23. The van der Waals surface area contributed by atoms with Crippen molar-refractivity contribution < 1.29 is 9.90 Å². The van der Waals surface area contributed by atoms with Gasteiger partial charge in [-0.05, 0) is 18.2 Å². The number of carboxylic acids is 1. The van der Waals surface area contributed by atoms with Gasteiger partial charge in [-0.1, -0.05) is 23.2 Å².